The molecule has 0 aliphatic carbocycles. The Balaban J connectivity index is 1.91. The van der Waals surface area contributed by atoms with E-state index in [1.807, 2.05) is 30.3 Å². The van der Waals surface area contributed by atoms with Crippen molar-refractivity contribution in [3.05, 3.63) is 47.8 Å². The average Bonchev–Trinajstić information content (AvgIpc) is 2.72. The number of rotatable bonds is 5. The summed E-state index contributed by atoms with van der Waals surface area (Å²) in [6, 6.07) is 9.75. The third-order valence-electron chi connectivity index (χ3n) is 2.36. The maximum atomic E-state index is 11.0. The molecule has 0 aliphatic rings. The number of anilines is 1. The minimum absolute atomic E-state index is 0.0679. The van der Waals surface area contributed by atoms with Gasteiger partial charge in [-0.3, -0.25) is 4.79 Å². The number of nitrogen functional groups attached to an aromatic ring is 1. The summed E-state index contributed by atoms with van der Waals surface area (Å²) in [5.41, 5.74) is 12.1. The van der Waals surface area contributed by atoms with E-state index in [4.69, 9.17) is 16.2 Å². The number of aromatic nitrogens is 2. The molecule has 0 bridgehead atoms. The summed E-state index contributed by atoms with van der Waals surface area (Å²) in [7, 11) is 0. The summed E-state index contributed by atoms with van der Waals surface area (Å²) in [5.74, 6) is -0.644. The van der Waals surface area contributed by atoms with Gasteiger partial charge in [0.25, 0.3) is 5.91 Å². The number of nitrogens with two attached hydrogens (primary N) is 2. The first kappa shape index (κ1) is 12.1. The molecule has 0 aliphatic heterocycles. The van der Waals surface area contributed by atoms with E-state index in [0.29, 0.717) is 6.61 Å². The van der Waals surface area contributed by atoms with Crippen LogP contribution in [0.1, 0.15) is 16.1 Å². The van der Waals surface area contributed by atoms with Crippen LogP contribution in [0.4, 0.5) is 5.69 Å². The summed E-state index contributed by atoms with van der Waals surface area (Å²) in [4.78, 5) is 11.0. The smallest absolute Gasteiger partial charge is 0.271 e. The summed E-state index contributed by atoms with van der Waals surface area (Å²) in [5, 5.41) is 3.93. The van der Waals surface area contributed by atoms with Crippen LogP contribution >= 0.6 is 0 Å². The first-order valence-electron chi connectivity index (χ1n) is 5.41. The van der Waals surface area contributed by atoms with Crippen LogP contribution in [0, 0.1) is 0 Å². The third kappa shape index (κ3) is 2.86. The van der Waals surface area contributed by atoms with E-state index in [-0.39, 0.29) is 18.1 Å². The van der Waals surface area contributed by atoms with Gasteiger partial charge in [-0.2, -0.15) is 5.10 Å². The number of primary amides is 1. The molecule has 6 heteroatoms. The zero-order chi connectivity index (χ0) is 13.0. The van der Waals surface area contributed by atoms with Gasteiger partial charge in [0.2, 0.25) is 0 Å². The molecule has 0 fully saturated rings. The Bertz CT molecular complexity index is 536. The van der Waals surface area contributed by atoms with Crippen LogP contribution < -0.4 is 11.5 Å². The Morgan fingerprint density at radius 1 is 1.33 bits per heavy atom. The topological polar surface area (TPSA) is 96.2 Å². The molecule has 1 heterocycles. The summed E-state index contributed by atoms with van der Waals surface area (Å²) >= 11 is 0. The molecule has 4 N–H and O–H groups in total. The molecule has 0 unspecified atom stereocenters. The highest BCUT2D eigenvalue weighted by molar-refractivity contribution is 5.95. The number of carbonyl (C=O) groups is 1. The Morgan fingerprint density at radius 2 is 2.06 bits per heavy atom. The monoisotopic (exact) mass is 246 g/mol. The lowest BCUT2D eigenvalue weighted by Gasteiger charge is -2.03. The Kier molecular flexibility index (Phi) is 3.59. The van der Waals surface area contributed by atoms with E-state index in [1.165, 1.54) is 10.9 Å². The molecule has 1 aromatic carbocycles. The second kappa shape index (κ2) is 5.33. The second-order valence-electron chi connectivity index (χ2n) is 3.80. The van der Waals surface area contributed by atoms with Crippen molar-refractivity contribution in [1.82, 2.24) is 9.78 Å². The Morgan fingerprint density at radius 3 is 2.67 bits per heavy atom. The van der Waals surface area contributed by atoms with E-state index in [2.05, 4.69) is 5.10 Å². The Labute approximate surface area is 104 Å². The predicted molar refractivity (Wildman–Crippen MR) is 66.4 cm³/mol. The molecule has 0 atom stereocenters. The van der Waals surface area contributed by atoms with Crippen LogP contribution in [-0.2, 0) is 18.1 Å². The van der Waals surface area contributed by atoms with Gasteiger partial charge in [0.15, 0.2) is 5.69 Å². The molecule has 2 aromatic rings. The van der Waals surface area contributed by atoms with Gasteiger partial charge in [0, 0.05) is 0 Å². The van der Waals surface area contributed by atoms with Crippen molar-refractivity contribution in [3.8, 4) is 0 Å². The molecule has 6 nitrogen and oxygen atoms in total. The van der Waals surface area contributed by atoms with Crippen molar-refractivity contribution in [2.45, 2.75) is 13.3 Å². The highest BCUT2D eigenvalue weighted by atomic mass is 16.5. The summed E-state index contributed by atoms with van der Waals surface area (Å²) in [6.07, 6.45) is 1.52. The fourth-order valence-electron chi connectivity index (χ4n) is 1.53. The highest BCUT2D eigenvalue weighted by Gasteiger charge is 2.10. The first-order valence-corrected chi connectivity index (χ1v) is 5.41. The van der Waals surface area contributed by atoms with E-state index in [0.717, 1.165) is 5.56 Å². The van der Waals surface area contributed by atoms with Gasteiger partial charge in [0.05, 0.1) is 18.5 Å². The van der Waals surface area contributed by atoms with E-state index >= 15 is 0 Å². The van der Waals surface area contributed by atoms with Crippen LogP contribution in [0.15, 0.2) is 36.5 Å². The van der Waals surface area contributed by atoms with Gasteiger partial charge in [-0.05, 0) is 5.56 Å². The molecule has 2 rings (SSSR count). The zero-order valence-electron chi connectivity index (χ0n) is 9.74. The number of hydrogen-bond acceptors (Lipinski definition) is 4. The van der Waals surface area contributed by atoms with Crippen LogP contribution in [-0.4, -0.2) is 15.7 Å². The average molecular weight is 246 g/mol. The van der Waals surface area contributed by atoms with E-state index < -0.39 is 5.91 Å². The number of amides is 1. The van der Waals surface area contributed by atoms with Crippen LogP contribution in [0.2, 0.25) is 0 Å². The molecule has 94 valence electrons. The SMILES string of the molecule is NC(=O)c1nn(COCc2ccccc2)cc1N. The molecule has 0 saturated carbocycles. The van der Waals surface area contributed by atoms with E-state index in [1.54, 1.807) is 0 Å². The molecule has 0 spiro atoms. The highest BCUT2D eigenvalue weighted by Crippen LogP contribution is 2.08. The summed E-state index contributed by atoms with van der Waals surface area (Å²) < 4.78 is 6.89. The standard InChI is InChI=1S/C12H14N4O2/c13-10-6-16(15-11(10)12(14)17)8-18-7-9-4-2-1-3-5-9/h1-6H,7-8,13H2,(H2,14,17). The fraction of sp³-hybridized carbons (Fsp3) is 0.167. The minimum atomic E-state index is -0.644. The van der Waals surface area contributed by atoms with Crippen LogP contribution in [0.25, 0.3) is 0 Å². The van der Waals surface area contributed by atoms with E-state index in [9.17, 15) is 4.79 Å². The number of hydrogen-bond donors (Lipinski definition) is 2. The van der Waals surface area contributed by atoms with Crippen molar-refractivity contribution in [2.24, 2.45) is 5.73 Å². The van der Waals surface area contributed by atoms with Gasteiger partial charge in [-0.1, -0.05) is 30.3 Å². The quantitative estimate of drug-likeness (QED) is 0.813. The molecule has 0 radical (unpaired) electrons. The van der Waals surface area contributed by atoms with Crippen molar-refractivity contribution in [3.63, 3.8) is 0 Å². The minimum Gasteiger partial charge on any atom is -0.396 e. The van der Waals surface area contributed by atoms with Gasteiger partial charge in [-0.25, -0.2) is 4.68 Å². The van der Waals surface area contributed by atoms with Gasteiger partial charge < -0.3 is 16.2 Å². The van der Waals surface area contributed by atoms with Crippen molar-refractivity contribution in [2.75, 3.05) is 5.73 Å². The molecule has 18 heavy (non-hydrogen) atoms. The van der Waals surface area contributed by atoms with Gasteiger partial charge >= 0.3 is 0 Å². The maximum absolute atomic E-state index is 11.0. The molecular formula is C12H14N4O2. The molecular weight excluding hydrogens is 232 g/mol. The molecule has 1 amide bonds. The first-order chi connectivity index (χ1) is 8.66. The van der Waals surface area contributed by atoms with Crippen molar-refractivity contribution < 1.29 is 9.53 Å². The Hall–Kier alpha value is -2.34. The van der Waals surface area contributed by atoms with Crippen molar-refractivity contribution in [1.29, 1.82) is 0 Å². The second-order valence-corrected chi connectivity index (χ2v) is 3.80. The summed E-state index contributed by atoms with van der Waals surface area (Å²) in [6.45, 7) is 0.679. The van der Waals surface area contributed by atoms with Gasteiger partial charge in [-0.15, -0.1) is 0 Å². The number of carbonyl (C=O) groups excluding carboxylic acids is 1. The van der Waals surface area contributed by atoms with Gasteiger partial charge in [0.1, 0.15) is 6.73 Å². The fourth-order valence-corrected chi connectivity index (χ4v) is 1.53. The molecule has 0 saturated heterocycles. The lowest BCUT2D eigenvalue weighted by Crippen LogP contribution is -2.14. The number of benzene rings is 1. The predicted octanol–water partition coefficient (Wildman–Crippen LogP) is 0.738. The molecule has 1 aromatic heterocycles. The lowest BCUT2D eigenvalue weighted by atomic mass is 10.2. The zero-order valence-corrected chi connectivity index (χ0v) is 9.74. The van der Waals surface area contributed by atoms with Crippen LogP contribution in [0.3, 0.4) is 0 Å². The lowest BCUT2D eigenvalue weighted by molar-refractivity contribution is 0.0558. The number of nitrogens with zero attached hydrogens (tertiary/aromatic N) is 2. The third-order valence-corrected chi connectivity index (χ3v) is 2.36. The normalized spacial score (nSPS) is 10.4. The maximum Gasteiger partial charge on any atom is 0.271 e. The largest absolute Gasteiger partial charge is 0.396 e. The van der Waals surface area contributed by atoms with Crippen molar-refractivity contribution >= 4 is 11.6 Å². The number of ether oxygens (including phenoxy) is 1. The van der Waals surface area contributed by atoms with Crippen LogP contribution in [0.5, 0.6) is 0 Å².